The van der Waals surface area contributed by atoms with Crippen LogP contribution in [0.1, 0.15) is 18.7 Å². The van der Waals surface area contributed by atoms with Crippen molar-refractivity contribution < 1.29 is 0 Å². The number of aryl methyl sites for hydroxylation is 2. The van der Waals surface area contributed by atoms with E-state index < -0.39 is 0 Å². The minimum Gasteiger partial charge on any atom is -0.334 e. The minimum atomic E-state index is 0.714. The van der Waals surface area contributed by atoms with Crippen molar-refractivity contribution >= 4 is 0 Å². The fourth-order valence-electron chi connectivity index (χ4n) is 2.62. The topological polar surface area (TPSA) is 59.4 Å². The van der Waals surface area contributed by atoms with Crippen LogP contribution in [0.4, 0.5) is 0 Å². The van der Waals surface area contributed by atoms with Gasteiger partial charge in [-0.25, -0.2) is 9.97 Å². The molecule has 0 saturated carbocycles. The molecular weight excluding hydrogens is 250 g/mol. The summed E-state index contributed by atoms with van der Waals surface area (Å²) in [7, 11) is 0. The molecule has 20 heavy (non-hydrogen) atoms. The normalized spacial score (nSPS) is 14.2. The Morgan fingerprint density at radius 3 is 2.80 bits per heavy atom. The fourth-order valence-corrected chi connectivity index (χ4v) is 2.62. The Hall–Kier alpha value is -2.43. The molecule has 100 valence electrons. The zero-order valence-electron chi connectivity index (χ0n) is 11.1. The maximum Gasteiger partial charge on any atom is 0.181 e. The maximum atomic E-state index is 4.66. The first-order chi connectivity index (χ1) is 9.90. The van der Waals surface area contributed by atoms with Crippen LogP contribution < -0.4 is 0 Å². The second-order valence-electron chi connectivity index (χ2n) is 5.07. The van der Waals surface area contributed by atoms with Crippen molar-refractivity contribution in [3.8, 4) is 22.9 Å². The van der Waals surface area contributed by atoms with Crippen LogP contribution >= 0.6 is 0 Å². The molecule has 0 bridgehead atoms. The zero-order valence-corrected chi connectivity index (χ0v) is 11.1. The molecule has 1 aliphatic heterocycles. The van der Waals surface area contributed by atoms with Crippen LogP contribution in [0.3, 0.4) is 0 Å². The van der Waals surface area contributed by atoms with Gasteiger partial charge in [0.25, 0.3) is 0 Å². The average molecular weight is 265 g/mol. The Bertz CT molecular complexity index is 702. The third-order valence-electron chi connectivity index (χ3n) is 3.67. The second kappa shape index (κ2) is 4.59. The number of hydrogen-bond acceptors (Lipinski definition) is 3. The summed E-state index contributed by atoms with van der Waals surface area (Å²) in [6, 6.07) is 9.97. The van der Waals surface area contributed by atoms with Gasteiger partial charge in [0.05, 0.1) is 0 Å². The highest BCUT2D eigenvalue weighted by molar-refractivity contribution is 5.58. The van der Waals surface area contributed by atoms with Gasteiger partial charge in [0.1, 0.15) is 11.5 Å². The lowest BCUT2D eigenvalue weighted by atomic mass is 10.2. The van der Waals surface area contributed by atoms with Crippen molar-refractivity contribution in [2.45, 2.75) is 25.8 Å². The molecule has 0 atom stereocenters. The molecule has 0 unspecified atom stereocenters. The highest BCUT2D eigenvalue weighted by Crippen LogP contribution is 2.22. The number of aromatic amines is 1. The lowest BCUT2D eigenvalue weighted by molar-refractivity contribution is 0.522. The summed E-state index contributed by atoms with van der Waals surface area (Å²) in [6.07, 6.45) is 5.58. The molecule has 1 aliphatic rings. The van der Waals surface area contributed by atoms with Crippen LogP contribution in [0.15, 0.2) is 36.5 Å². The van der Waals surface area contributed by atoms with Gasteiger partial charge in [-0.1, -0.05) is 30.3 Å². The summed E-state index contributed by atoms with van der Waals surface area (Å²) in [6.45, 7) is 1.06. The highest BCUT2D eigenvalue weighted by Gasteiger charge is 2.15. The number of H-pyrrole nitrogens is 1. The number of nitrogens with one attached hydrogen (secondary N) is 1. The van der Waals surface area contributed by atoms with Crippen molar-refractivity contribution in [1.29, 1.82) is 0 Å². The van der Waals surface area contributed by atoms with Crippen molar-refractivity contribution in [2.75, 3.05) is 0 Å². The zero-order chi connectivity index (χ0) is 13.4. The van der Waals surface area contributed by atoms with Crippen LogP contribution in [0.2, 0.25) is 0 Å². The van der Waals surface area contributed by atoms with Crippen LogP contribution in [-0.4, -0.2) is 24.7 Å². The second-order valence-corrected chi connectivity index (χ2v) is 5.07. The van der Waals surface area contributed by atoms with Crippen molar-refractivity contribution in [3.63, 3.8) is 0 Å². The molecule has 3 aromatic rings. The third-order valence-corrected chi connectivity index (χ3v) is 3.67. The summed E-state index contributed by atoms with van der Waals surface area (Å²) >= 11 is 0. The lowest BCUT2D eigenvalue weighted by Gasteiger charge is -2.11. The number of aromatic nitrogens is 5. The van der Waals surface area contributed by atoms with Gasteiger partial charge >= 0.3 is 0 Å². The number of benzene rings is 1. The van der Waals surface area contributed by atoms with E-state index in [0.717, 1.165) is 35.9 Å². The van der Waals surface area contributed by atoms with E-state index in [2.05, 4.69) is 30.9 Å². The van der Waals surface area contributed by atoms with E-state index in [0.29, 0.717) is 5.82 Å². The third kappa shape index (κ3) is 1.91. The molecular formula is C15H15N5. The van der Waals surface area contributed by atoms with Crippen LogP contribution in [-0.2, 0) is 13.0 Å². The quantitative estimate of drug-likeness (QED) is 0.775. The predicted molar refractivity (Wildman–Crippen MR) is 76.0 cm³/mol. The molecule has 0 aliphatic carbocycles. The summed E-state index contributed by atoms with van der Waals surface area (Å²) < 4.78 is 2.23. The van der Waals surface area contributed by atoms with Gasteiger partial charge in [-0.05, 0) is 12.8 Å². The van der Waals surface area contributed by atoms with Gasteiger partial charge in [-0.2, -0.15) is 5.10 Å². The number of fused-ring (bicyclic) bond motifs is 1. The first-order valence-electron chi connectivity index (χ1n) is 6.94. The Morgan fingerprint density at radius 1 is 1.05 bits per heavy atom. The SMILES string of the molecule is c1ccc(-c2n[nH]c(-c3cn4c(n3)CCCC4)n2)cc1. The lowest BCUT2D eigenvalue weighted by Crippen LogP contribution is -2.08. The Labute approximate surface area is 116 Å². The van der Waals surface area contributed by atoms with Crippen LogP contribution in [0, 0.1) is 0 Å². The molecule has 3 heterocycles. The molecule has 0 radical (unpaired) electrons. The van der Waals surface area contributed by atoms with E-state index in [4.69, 9.17) is 0 Å². The molecule has 5 heteroatoms. The molecule has 0 amide bonds. The van der Waals surface area contributed by atoms with Gasteiger partial charge in [-0.15, -0.1) is 0 Å². The number of nitrogens with zero attached hydrogens (tertiary/aromatic N) is 4. The van der Waals surface area contributed by atoms with E-state index >= 15 is 0 Å². The monoisotopic (exact) mass is 265 g/mol. The summed E-state index contributed by atoms with van der Waals surface area (Å²) in [5.74, 6) is 2.61. The molecule has 2 aromatic heterocycles. The van der Waals surface area contributed by atoms with Gasteiger partial charge in [-0.3, -0.25) is 5.10 Å². The van der Waals surface area contributed by atoms with Crippen LogP contribution in [0.5, 0.6) is 0 Å². The molecule has 0 fully saturated rings. The Balaban J connectivity index is 1.70. The summed E-state index contributed by atoms with van der Waals surface area (Å²) in [5, 5.41) is 7.28. The van der Waals surface area contributed by atoms with E-state index in [1.54, 1.807) is 0 Å². The van der Waals surface area contributed by atoms with E-state index in [1.165, 1.54) is 12.8 Å². The number of hydrogen-bond donors (Lipinski definition) is 1. The van der Waals surface area contributed by atoms with Crippen molar-refractivity contribution in [2.24, 2.45) is 0 Å². The van der Waals surface area contributed by atoms with Gasteiger partial charge in [0.2, 0.25) is 0 Å². The maximum absolute atomic E-state index is 4.66. The first kappa shape index (κ1) is 11.4. The largest absolute Gasteiger partial charge is 0.334 e. The molecule has 5 nitrogen and oxygen atoms in total. The standard InChI is InChI=1S/C15H15N5/c1-2-6-11(7-3-1)14-17-15(19-18-14)12-10-20-9-5-4-8-13(20)16-12/h1-3,6-7,10H,4-5,8-9H2,(H,17,18,19). The minimum absolute atomic E-state index is 0.714. The van der Waals surface area contributed by atoms with Crippen molar-refractivity contribution in [3.05, 3.63) is 42.4 Å². The summed E-state index contributed by atoms with van der Waals surface area (Å²) in [5.41, 5.74) is 1.90. The van der Waals surface area contributed by atoms with E-state index in [-0.39, 0.29) is 0 Å². The molecule has 0 spiro atoms. The first-order valence-corrected chi connectivity index (χ1v) is 6.94. The highest BCUT2D eigenvalue weighted by atomic mass is 15.2. The van der Waals surface area contributed by atoms with Gasteiger partial charge in [0.15, 0.2) is 11.6 Å². The Morgan fingerprint density at radius 2 is 1.95 bits per heavy atom. The predicted octanol–water partition coefficient (Wildman–Crippen LogP) is 2.67. The summed E-state index contributed by atoms with van der Waals surface area (Å²) in [4.78, 5) is 9.21. The van der Waals surface area contributed by atoms with Crippen LogP contribution in [0.25, 0.3) is 22.9 Å². The molecule has 4 rings (SSSR count). The van der Waals surface area contributed by atoms with Crippen molar-refractivity contribution in [1.82, 2.24) is 24.7 Å². The van der Waals surface area contributed by atoms with Gasteiger partial charge in [0, 0.05) is 24.7 Å². The Kier molecular flexibility index (Phi) is 2.62. The average Bonchev–Trinajstić information content (AvgIpc) is 3.14. The van der Waals surface area contributed by atoms with E-state index in [1.807, 2.05) is 30.3 Å². The van der Waals surface area contributed by atoms with Gasteiger partial charge < -0.3 is 4.57 Å². The molecule has 1 N–H and O–H groups in total. The molecule has 0 saturated heterocycles. The fraction of sp³-hybridized carbons (Fsp3) is 0.267. The molecule has 1 aromatic carbocycles. The number of imidazole rings is 1. The van der Waals surface area contributed by atoms with E-state index in [9.17, 15) is 0 Å². The number of rotatable bonds is 2. The smallest absolute Gasteiger partial charge is 0.181 e.